The number of rotatable bonds is 3. The normalized spacial score (nSPS) is 30.7. The molecule has 0 amide bonds. The maximum Gasteiger partial charge on any atom is 0.253 e. The lowest BCUT2D eigenvalue weighted by Crippen LogP contribution is -2.49. The molecule has 2 atom stereocenters. The Morgan fingerprint density at radius 3 is 2.10 bits per heavy atom. The molecule has 0 radical (unpaired) electrons. The van der Waals surface area contributed by atoms with E-state index in [0.29, 0.717) is 17.1 Å². The van der Waals surface area contributed by atoms with Crippen molar-refractivity contribution in [1.82, 2.24) is 4.31 Å². The number of fused-ring (bicyclic) bond motifs is 2. The van der Waals surface area contributed by atoms with E-state index in [4.69, 9.17) is 0 Å². The van der Waals surface area contributed by atoms with Crippen molar-refractivity contribution in [3.05, 3.63) is 17.0 Å². The number of hydrogen-bond donors (Lipinski definition) is 0. The molecule has 2 aliphatic heterocycles. The Bertz CT molecular complexity index is 736. The second-order valence-electron chi connectivity index (χ2n) is 6.01. The summed E-state index contributed by atoms with van der Waals surface area (Å²) in [6.45, 7) is 1.88. The number of piperidine rings is 1. The van der Waals surface area contributed by atoms with Gasteiger partial charge in [-0.2, -0.15) is 4.31 Å². The molecule has 1 aromatic rings. The number of thiophene rings is 1. The molecule has 5 nitrogen and oxygen atoms in total. The summed E-state index contributed by atoms with van der Waals surface area (Å²) in [5.74, 6) is 0. The van der Waals surface area contributed by atoms with E-state index in [0.717, 1.165) is 17.7 Å². The van der Waals surface area contributed by atoms with E-state index in [1.165, 1.54) is 17.6 Å². The second-order valence-corrected chi connectivity index (χ2v) is 11.7. The highest BCUT2D eigenvalue weighted by molar-refractivity contribution is 7.91. The van der Waals surface area contributed by atoms with E-state index < -0.39 is 25.1 Å². The smallest absolute Gasteiger partial charge is 0.229 e. The minimum absolute atomic E-state index is 0.170. The predicted octanol–water partition coefficient (Wildman–Crippen LogP) is 1.79. The van der Waals surface area contributed by atoms with Gasteiger partial charge in [0.1, 0.15) is 14.0 Å². The average Bonchev–Trinajstić information content (AvgIpc) is 2.91. The van der Waals surface area contributed by atoms with Gasteiger partial charge in [-0.15, -0.1) is 11.3 Å². The summed E-state index contributed by atoms with van der Waals surface area (Å²) in [5, 5.41) is -0.397. The summed E-state index contributed by atoms with van der Waals surface area (Å²) >= 11 is 1.28. The molecule has 0 saturated carbocycles. The first-order chi connectivity index (χ1) is 9.69. The van der Waals surface area contributed by atoms with Crippen LogP contribution < -0.4 is 0 Å². The minimum atomic E-state index is -3.49. The molecule has 3 rings (SSSR count). The van der Waals surface area contributed by atoms with Crippen molar-refractivity contribution in [3.8, 4) is 0 Å². The topological polar surface area (TPSA) is 71.5 Å². The van der Waals surface area contributed by atoms with Gasteiger partial charge in [0.2, 0.25) is 0 Å². The van der Waals surface area contributed by atoms with Crippen molar-refractivity contribution in [2.45, 2.75) is 54.1 Å². The Labute approximate surface area is 129 Å². The van der Waals surface area contributed by atoms with Crippen LogP contribution in [0.1, 0.15) is 30.6 Å². The highest BCUT2D eigenvalue weighted by Crippen LogP contribution is 2.42. The highest BCUT2D eigenvalue weighted by atomic mass is 32.2. The summed E-state index contributed by atoms with van der Waals surface area (Å²) in [4.78, 5) is 0.965. The molecule has 2 aliphatic rings. The van der Waals surface area contributed by atoms with Crippen LogP contribution in [0.15, 0.2) is 16.3 Å². The number of hydrogen-bond acceptors (Lipinski definition) is 5. The van der Waals surface area contributed by atoms with Crippen molar-refractivity contribution in [1.29, 1.82) is 0 Å². The Morgan fingerprint density at radius 1 is 1.10 bits per heavy atom. The summed E-state index contributed by atoms with van der Waals surface area (Å²) < 4.78 is 51.1. The lowest BCUT2D eigenvalue weighted by atomic mass is 10.1. The van der Waals surface area contributed by atoms with Crippen molar-refractivity contribution in [3.63, 3.8) is 0 Å². The Hall–Kier alpha value is -0.440. The van der Waals surface area contributed by atoms with Crippen LogP contribution in [0.5, 0.6) is 0 Å². The van der Waals surface area contributed by atoms with Gasteiger partial charge >= 0.3 is 0 Å². The van der Waals surface area contributed by atoms with Crippen LogP contribution in [0.25, 0.3) is 0 Å². The Morgan fingerprint density at radius 2 is 1.67 bits per heavy atom. The van der Waals surface area contributed by atoms with Crippen LogP contribution in [-0.4, -0.2) is 44.7 Å². The molecule has 2 unspecified atom stereocenters. The monoisotopic (exact) mass is 349 g/mol. The quantitative estimate of drug-likeness (QED) is 0.834. The number of sulfone groups is 1. The van der Waals surface area contributed by atoms with Crippen LogP contribution >= 0.6 is 11.3 Å². The van der Waals surface area contributed by atoms with E-state index in [9.17, 15) is 16.8 Å². The largest absolute Gasteiger partial charge is 0.253 e. The van der Waals surface area contributed by atoms with E-state index >= 15 is 0 Å². The van der Waals surface area contributed by atoms with Crippen molar-refractivity contribution >= 4 is 31.2 Å². The lowest BCUT2D eigenvalue weighted by molar-refractivity contribution is 0.249. The third kappa shape index (κ3) is 2.67. The molecule has 3 heterocycles. The fraction of sp³-hybridized carbons (Fsp3) is 0.692. The summed E-state index contributed by atoms with van der Waals surface area (Å²) in [5.41, 5.74) is 0. The number of sulfonamides is 1. The molecule has 8 heteroatoms. The SMILES string of the molecule is Cc1ccc(S(=O)(=O)N2C3CCC2CC(S(C)(=O)=O)C3)s1. The maximum atomic E-state index is 12.8. The van der Waals surface area contributed by atoms with E-state index in [1.807, 2.05) is 13.0 Å². The molecule has 2 bridgehead atoms. The summed E-state index contributed by atoms with van der Waals surface area (Å²) in [6.07, 6.45) is 3.64. The molecule has 1 aromatic heterocycles. The van der Waals surface area contributed by atoms with Gasteiger partial charge in [0, 0.05) is 23.2 Å². The second kappa shape index (κ2) is 5.04. The van der Waals surface area contributed by atoms with Gasteiger partial charge in [-0.25, -0.2) is 16.8 Å². The van der Waals surface area contributed by atoms with Crippen LogP contribution in [0.2, 0.25) is 0 Å². The Kier molecular flexibility index (Phi) is 3.71. The third-order valence-corrected chi connectivity index (χ3v) is 9.54. The maximum absolute atomic E-state index is 12.8. The van der Waals surface area contributed by atoms with Crippen molar-refractivity contribution in [2.24, 2.45) is 0 Å². The molecule has 118 valence electrons. The summed E-state index contributed by atoms with van der Waals surface area (Å²) in [6, 6.07) is 3.12. The summed E-state index contributed by atoms with van der Waals surface area (Å²) in [7, 11) is -6.59. The molecule has 2 saturated heterocycles. The molecule has 0 aliphatic carbocycles. The van der Waals surface area contributed by atoms with Gasteiger partial charge in [0.25, 0.3) is 10.0 Å². The molecule has 2 fully saturated rings. The first-order valence-electron chi connectivity index (χ1n) is 6.98. The van der Waals surface area contributed by atoms with Gasteiger partial charge in [0.05, 0.1) is 5.25 Å². The van der Waals surface area contributed by atoms with Gasteiger partial charge in [0.15, 0.2) is 0 Å². The van der Waals surface area contributed by atoms with Crippen LogP contribution in [0.3, 0.4) is 0 Å². The zero-order valence-electron chi connectivity index (χ0n) is 12.0. The fourth-order valence-electron chi connectivity index (χ4n) is 3.48. The van der Waals surface area contributed by atoms with Gasteiger partial charge in [-0.1, -0.05) is 0 Å². The van der Waals surface area contributed by atoms with Crippen LogP contribution in [-0.2, 0) is 19.9 Å². The molecule has 21 heavy (non-hydrogen) atoms. The van der Waals surface area contributed by atoms with Crippen molar-refractivity contribution < 1.29 is 16.8 Å². The first-order valence-corrected chi connectivity index (χ1v) is 11.2. The molecule has 0 spiro atoms. The zero-order chi connectivity index (χ0) is 15.4. The first kappa shape index (κ1) is 15.5. The lowest BCUT2D eigenvalue weighted by Gasteiger charge is -2.36. The third-order valence-electron chi connectivity index (χ3n) is 4.48. The zero-order valence-corrected chi connectivity index (χ0v) is 14.5. The van der Waals surface area contributed by atoms with Gasteiger partial charge in [-0.05, 0) is 44.7 Å². The Balaban J connectivity index is 1.92. The fourth-order valence-corrected chi connectivity index (χ4v) is 7.90. The van der Waals surface area contributed by atoms with Gasteiger partial charge < -0.3 is 0 Å². The number of nitrogens with zero attached hydrogens (tertiary/aromatic N) is 1. The van der Waals surface area contributed by atoms with Crippen LogP contribution in [0.4, 0.5) is 0 Å². The molecular formula is C13H19NO4S3. The number of aryl methyl sites for hydroxylation is 1. The average molecular weight is 349 g/mol. The van der Waals surface area contributed by atoms with E-state index in [-0.39, 0.29) is 12.1 Å². The minimum Gasteiger partial charge on any atom is -0.229 e. The van der Waals surface area contributed by atoms with E-state index in [1.54, 1.807) is 10.4 Å². The van der Waals surface area contributed by atoms with Crippen LogP contribution in [0, 0.1) is 6.92 Å². The molecular weight excluding hydrogens is 330 g/mol. The molecule has 0 aromatic carbocycles. The van der Waals surface area contributed by atoms with Crippen molar-refractivity contribution in [2.75, 3.05) is 6.26 Å². The molecule has 0 N–H and O–H groups in total. The highest BCUT2D eigenvalue weighted by Gasteiger charge is 2.49. The standard InChI is InChI=1S/C13H19NO4S3/c1-9-3-6-13(19-9)21(17,18)14-10-4-5-11(14)8-12(7-10)20(2,15)16/h3,6,10-12H,4-5,7-8H2,1-2H3. The van der Waals surface area contributed by atoms with E-state index in [2.05, 4.69) is 0 Å². The predicted molar refractivity (Wildman–Crippen MR) is 82.8 cm³/mol. The van der Waals surface area contributed by atoms with Gasteiger partial charge in [-0.3, -0.25) is 0 Å².